The van der Waals surface area contributed by atoms with Gasteiger partial charge in [0.15, 0.2) is 0 Å². The monoisotopic (exact) mass is 231 g/mol. The molecule has 4 nitrogen and oxygen atoms in total. The largest absolute Gasteiger partial charge is 0.396 e. The van der Waals surface area contributed by atoms with Crippen molar-refractivity contribution in [1.29, 1.82) is 0 Å². The minimum Gasteiger partial charge on any atom is -0.396 e. The first kappa shape index (κ1) is 11.8. The number of benzene rings is 1. The summed E-state index contributed by atoms with van der Waals surface area (Å²) in [6, 6.07) is 12.0. The molecule has 0 aliphatic heterocycles. The van der Waals surface area contributed by atoms with E-state index in [1.54, 1.807) is 4.68 Å². The van der Waals surface area contributed by atoms with Gasteiger partial charge >= 0.3 is 0 Å². The Kier molecular flexibility index (Phi) is 3.56. The first-order chi connectivity index (χ1) is 8.26. The molecule has 0 spiro atoms. The standard InChI is InChI=1S/C13H17N3O/c1-16-13(11(8-14)9-17)7-12(15-16)10-5-3-2-4-6-10/h2-7,11,17H,8-9,14H2,1H3. The number of aliphatic hydroxyl groups is 1. The second kappa shape index (κ2) is 5.12. The minimum absolute atomic E-state index is 0.0459. The van der Waals surface area contributed by atoms with Gasteiger partial charge in [-0.05, 0) is 6.07 Å². The van der Waals surface area contributed by atoms with Gasteiger partial charge in [-0.25, -0.2) is 0 Å². The minimum atomic E-state index is -0.0510. The first-order valence-corrected chi connectivity index (χ1v) is 5.66. The second-order valence-electron chi connectivity index (χ2n) is 4.06. The van der Waals surface area contributed by atoms with Crippen LogP contribution in [0.25, 0.3) is 11.3 Å². The molecule has 0 amide bonds. The summed E-state index contributed by atoms with van der Waals surface area (Å²) >= 11 is 0. The van der Waals surface area contributed by atoms with Gasteiger partial charge in [0.05, 0.1) is 12.3 Å². The van der Waals surface area contributed by atoms with Crippen LogP contribution in [0.15, 0.2) is 36.4 Å². The van der Waals surface area contributed by atoms with Crippen molar-refractivity contribution in [2.45, 2.75) is 5.92 Å². The van der Waals surface area contributed by atoms with Crippen LogP contribution in [0.1, 0.15) is 11.6 Å². The zero-order valence-corrected chi connectivity index (χ0v) is 9.87. The molecule has 0 aliphatic carbocycles. The average Bonchev–Trinajstić information content (AvgIpc) is 2.75. The maximum Gasteiger partial charge on any atom is 0.0926 e. The van der Waals surface area contributed by atoms with Gasteiger partial charge in [-0.1, -0.05) is 30.3 Å². The molecule has 0 saturated carbocycles. The maximum atomic E-state index is 9.26. The third kappa shape index (κ3) is 2.38. The summed E-state index contributed by atoms with van der Waals surface area (Å²) in [6.45, 7) is 0.467. The average molecular weight is 231 g/mol. The van der Waals surface area contributed by atoms with E-state index in [2.05, 4.69) is 5.10 Å². The van der Waals surface area contributed by atoms with E-state index < -0.39 is 0 Å². The van der Waals surface area contributed by atoms with Gasteiger partial charge in [-0.2, -0.15) is 5.10 Å². The van der Waals surface area contributed by atoms with E-state index in [9.17, 15) is 5.11 Å². The molecule has 0 radical (unpaired) electrons. The molecule has 0 bridgehead atoms. The molecule has 3 N–H and O–H groups in total. The van der Waals surface area contributed by atoms with E-state index in [1.165, 1.54) is 0 Å². The fraction of sp³-hybridized carbons (Fsp3) is 0.308. The van der Waals surface area contributed by atoms with Gasteiger partial charge in [-0.3, -0.25) is 4.68 Å². The molecule has 1 unspecified atom stereocenters. The van der Waals surface area contributed by atoms with Crippen LogP contribution >= 0.6 is 0 Å². The van der Waals surface area contributed by atoms with Crippen LogP contribution in [-0.4, -0.2) is 28.0 Å². The molecular weight excluding hydrogens is 214 g/mol. The quantitative estimate of drug-likeness (QED) is 0.828. The van der Waals surface area contributed by atoms with Crippen molar-refractivity contribution in [2.75, 3.05) is 13.2 Å². The molecule has 1 aromatic carbocycles. The smallest absolute Gasteiger partial charge is 0.0926 e. The lowest BCUT2D eigenvalue weighted by Crippen LogP contribution is -2.18. The molecule has 0 fully saturated rings. The van der Waals surface area contributed by atoms with E-state index in [4.69, 9.17) is 5.73 Å². The van der Waals surface area contributed by atoms with Crippen molar-refractivity contribution >= 4 is 0 Å². The molecule has 4 heteroatoms. The fourth-order valence-corrected chi connectivity index (χ4v) is 1.90. The Bertz CT molecular complexity index is 475. The highest BCUT2D eigenvalue weighted by molar-refractivity contribution is 5.59. The predicted octanol–water partition coefficient (Wildman–Crippen LogP) is 1.12. The lowest BCUT2D eigenvalue weighted by atomic mass is 10.1. The van der Waals surface area contributed by atoms with E-state index in [0.717, 1.165) is 17.0 Å². The molecule has 1 atom stereocenters. The van der Waals surface area contributed by atoms with Gasteiger partial charge < -0.3 is 10.8 Å². The van der Waals surface area contributed by atoms with Crippen LogP contribution in [0.3, 0.4) is 0 Å². The number of nitrogens with two attached hydrogens (primary N) is 1. The number of nitrogens with zero attached hydrogens (tertiary/aromatic N) is 2. The molecule has 1 heterocycles. The highest BCUT2D eigenvalue weighted by atomic mass is 16.3. The number of aryl methyl sites for hydroxylation is 1. The Morgan fingerprint density at radius 1 is 1.35 bits per heavy atom. The lowest BCUT2D eigenvalue weighted by Gasteiger charge is -2.10. The highest BCUT2D eigenvalue weighted by Crippen LogP contribution is 2.22. The van der Waals surface area contributed by atoms with Crippen molar-refractivity contribution < 1.29 is 5.11 Å². The molecule has 2 rings (SSSR count). The Hall–Kier alpha value is -1.65. The third-order valence-electron chi connectivity index (χ3n) is 2.91. The summed E-state index contributed by atoms with van der Waals surface area (Å²) in [5.74, 6) is -0.0510. The second-order valence-corrected chi connectivity index (χ2v) is 4.06. The van der Waals surface area contributed by atoms with Crippen LogP contribution < -0.4 is 5.73 Å². The fourth-order valence-electron chi connectivity index (χ4n) is 1.90. The van der Waals surface area contributed by atoms with Crippen LogP contribution in [0, 0.1) is 0 Å². The van der Waals surface area contributed by atoms with Crippen LogP contribution in [-0.2, 0) is 7.05 Å². The SMILES string of the molecule is Cn1nc(-c2ccccc2)cc1C(CN)CO. The number of hydrogen-bond acceptors (Lipinski definition) is 3. The third-order valence-corrected chi connectivity index (χ3v) is 2.91. The summed E-state index contributed by atoms with van der Waals surface area (Å²) in [4.78, 5) is 0. The maximum absolute atomic E-state index is 9.26. The summed E-state index contributed by atoms with van der Waals surface area (Å²) in [6.07, 6.45) is 0. The first-order valence-electron chi connectivity index (χ1n) is 5.66. The molecule has 2 aromatic rings. The van der Waals surface area contributed by atoms with Crippen LogP contribution in [0.5, 0.6) is 0 Å². The van der Waals surface area contributed by atoms with E-state index in [-0.39, 0.29) is 12.5 Å². The topological polar surface area (TPSA) is 64.1 Å². The van der Waals surface area contributed by atoms with Crippen molar-refractivity contribution in [3.8, 4) is 11.3 Å². The lowest BCUT2D eigenvalue weighted by molar-refractivity contribution is 0.263. The Morgan fingerprint density at radius 2 is 2.06 bits per heavy atom. The van der Waals surface area contributed by atoms with Crippen molar-refractivity contribution in [3.63, 3.8) is 0 Å². The number of hydrogen-bond donors (Lipinski definition) is 2. The molecule has 17 heavy (non-hydrogen) atoms. The van der Waals surface area contributed by atoms with Gasteiger partial charge in [0.2, 0.25) is 0 Å². The zero-order valence-electron chi connectivity index (χ0n) is 9.87. The van der Waals surface area contributed by atoms with Crippen molar-refractivity contribution in [1.82, 2.24) is 9.78 Å². The molecule has 1 aromatic heterocycles. The molecule has 90 valence electrons. The van der Waals surface area contributed by atoms with E-state index in [1.807, 2.05) is 43.4 Å². The summed E-state index contributed by atoms with van der Waals surface area (Å²) in [7, 11) is 1.88. The number of aromatic nitrogens is 2. The van der Waals surface area contributed by atoms with Crippen LogP contribution in [0.2, 0.25) is 0 Å². The normalized spacial score (nSPS) is 12.6. The zero-order chi connectivity index (χ0) is 12.3. The van der Waals surface area contributed by atoms with Gasteiger partial charge in [-0.15, -0.1) is 0 Å². The molecule has 0 aliphatic rings. The van der Waals surface area contributed by atoms with Crippen molar-refractivity contribution in [3.05, 3.63) is 42.1 Å². The summed E-state index contributed by atoms with van der Waals surface area (Å²) in [5, 5.41) is 13.7. The highest BCUT2D eigenvalue weighted by Gasteiger charge is 2.15. The van der Waals surface area contributed by atoms with Gasteiger partial charge in [0.1, 0.15) is 0 Å². The van der Waals surface area contributed by atoms with Gasteiger partial charge in [0.25, 0.3) is 0 Å². The van der Waals surface area contributed by atoms with Crippen molar-refractivity contribution in [2.24, 2.45) is 12.8 Å². The Labute approximate surface area is 101 Å². The Morgan fingerprint density at radius 3 is 2.65 bits per heavy atom. The van der Waals surface area contributed by atoms with E-state index >= 15 is 0 Å². The van der Waals surface area contributed by atoms with Gasteiger partial charge in [0, 0.05) is 30.8 Å². The predicted molar refractivity (Wildman–Crippen MR) is 67.5 cm³/mol. The summed E-state index contributed by atoms with van der Waals surface area (Å²) < 4.78 is 1.79. The number of rotatable bonds is 4. The molecule has 0 saturated heterocycles. The number of aliphatic hydroxyl groups excluding tert-OH is 1. The molecular formula is C13H17N3O. The van der Waals surface area contributed by atoms with E-state index in [0.29, 0.717) is 6.54 Å². The summed E-state index contributed by atoms with van der Waals surface area (Å²) in [5.41, 5.74) is 8.58. The van der Waals surface area contributed by atoms with Crippen LogP contribution in [0.4, 0.5) is 0 Å². The Balaban J connectivity index is 2.37.